The number of hydrogen-bond acceptors (Lipinski definition) is 3. The van der Waals surface area contributed by atoms with E-state index in [0.29, 0.717) is 11.8 Å². The van der Waals surface area contributed by atoms with Gasteiger partial charge in [0.15, 0.2) is 0 Å². The summed E-state index contributed by atoms with van der Waals surface area (Å²) < 4.78 is 5.11. The molecule has 0 amide bonds. The van der Waals surface area contributed by atoms with Crippen LogP contribution in [0.2, 0.25) is 0 Å². The Labute approximate surface area is 104 Å². The highest BCUT2D eigenvalue weighted by molar-refractivity contribution is 5.22. The van der Waals surface area contributed by atoms with Crippen molar-refractivity contribution in [3.8, 4) is 5.88 Å². The first-order valence-corrected chi connectivity index (χ1v) is 6.55. The summed E-state index contributed by atoms with van der Waals surface area (Å²) in [7, 11) is 1.66. The Morgan fingerprint density at radius 3 is 3.00 bits per heavy atom. The molecule has 0 saturated carbocycles. The van der Waals surface area contributed by atoms with Crippen LogP contribution >= 0.6 is 0 Å². The van der Waals surface area contributed by atoms with Crippen LogP contribution in [0.1, 0.15) is 37.7 Å². The number of piperidine rings is 1. The Morgan fingerprint density at radius 1 is 1.47 bits per heavy atom. The second kappa shape index (κ2) is 6.01. The number of pyridine rings is 1. The molecule has 1 fully saturated rings. The highest BCUT2D eigenvalue weighted by atomic mass is 16.5. The van der Waals surface area contributed by atoms with Gasteiger partial charge >= 0.3 is 0 Å². The van der Waals surface area contributed by atoms with Gasteiger partial charge in [-0.1, -0.05) is 19.4 Å². The lowest BCUT2D eigenvalue weighted by atomic mass is 9.79. The Hall–Kier alpha value is -1.09. The van der Waals surface area contributed by atoms with Crippen LogP contribution < -0.4 is 10.1 Å². The summed E-state index contributed by atoms with van der Waals surface area (Å²) in [6.45, 7) is 4.53. The van der Waals surface area contributed by atoms with Crippen LogP contribution in [-0.4, -0.2) is 25.2 Å². The number of nitrogens with zero attached hydrogens (tertiary/aromatic N) is 1. The zero-order chi connectivity index (χ0) is 12.1. The number of ether oxygens (including phenoxy) is 1. The third kappa shape index (κ3) is 2.97. The molecule has 0 aromatic carbocycles. The quantitative estimate of drug-likeness (QED) is 0.869. The molecule has 1 aromatic heterocycles. The zero-order valence-electron chi connectivity index (χ0n) is 10.8. The summed E-state index contributed by atoms with van der Waals surface area (Å²) in [6.07, 6.45) is 5.76. The highest BCUT2D eigenvalue weighted by Gasteiger charge is 2.25. The summed E-state index contributed by atoms with van der Waals surface area (Å²) >= 11 is 0. The van der Waals surface area contributed by atoms with Crippen LogP contribution in [-0.2, 0) is 0 Å². The first kappa shape index (κ1) is 12.4. The molecule has 1 aliphatic rings. The van der Waals surface area contributed by atoms with Gasteiger partial charge < -0.3 is 10.1 Å². The molecule has 1 N–H and O–H groups in total. The Balaban J connectivity index is 2.11. The predicted molar refractivity (Wildman–Crippen MR) is 69.4 cm³/mol. The van der Waals surface area contributed by atoms with Crippen molar-refractivity contribution < 1.29 is 4.74 Å². The van der Waals surface area contributed by atoms with Crippen LogP contribution in [0.25, 0.3) is 0 Å². The van der Waals surface area contributed by atoms with E-state index in [1.807, 2.05) is 12.3 Å². The van der Waals surface area contributed by atoms with Gasteiger partial charge in [0.2, 0.25) is 5.88 Å². The molecule has 94 valence electrons. The average Bonchev–Trinajstić information content (AvgIpc) is 2.40. The molecule has 2 unspecified atom stereocenters. The molecule has 1 aromatic rings. The van der Waals surface area contributed by atoms with Crippen molar-refractivity contribution in [1.82, 2.24) is 10.3 Å². The van der Waals surface area contributed by atoms with Gasteiger partial charge in [0.05, 0.1) is 7.11 Å². The fraction of sp³-hybridized carbons (Fsp3) is 0.643. The van der Waals surface area contributed by atoms with Crippen LogP contribution in [0.15, 0.2) is 18.3 Å². The second-order valence-corrected chi connectivity index (χ2v) is 4.78. The van der Waals surface area contributed by atoms with E-state index in [2.05, 4.69) is 23.3 Å². The number of methoxy groups -OCH3 is 1. The van der Waals surface area contributed by atoms with Gasteiger partial charge in [0.1, 0.15) is 0 Å². The Kier molecular flexibility index (Phi) is 4.37. The van der Waals surface area contributed by atoms with Crippen LogP contribution in [0.5, 0.6) is 5.88 Å². The largest absolute Gasteiger partial charge is 0.481 e. The van der Waals surface area contributed by atoms with E-state index >= 15 is 0 Å². The van der Waals surface area contributed by atoms with Gasteiger partial charge in [0.25, 0.3) is 0 Å². The smallest absolute Gasteiger partial charge is 0.212 e. The molecular weight excluding hydrogens is 212 g/mol. The minimum absolute atomic E-state index is 0.662. The zero-order valence-corrected chi connectivity index (χ0v) is 10.8. The average molecular weight is 234 g/mol. The van der Waals surface area contributed by atoms with Gasteiger partial charge in [0, 0.05) is 12.3 Å². The minimum Gasteiger partial charge on any atom is -0.481 e. The lowest BCUT2D eigenvalue weighted by Gasteiger charge is -2.32. The SMILES string of the molecule is CCCC1CNCCC1c1ccc(OC)nc1. The maximum absolute atomic E-state index is 5.11. The lowest BCUT2D eigenvalue weighted by Crippen LogP contribution is -2.35. The molecule has 0 bridgehead atoms. The predicted octanol–water partition coefficient (Wildman–Crippen LogP) is 2.58. The van der Waals surface area contributed by atoms with Crippen molar-refractivity contribution in [3.05, 3.63) is 23.9 Å². The van der Waals surface area contributed by atoms with Crippen LogP contribution in [0.3, 0.4) is 0 Å². The van der Waals surface area contributed by atoms with Crippen molar-refractivity contribution in [1.29, 1.82) is 0 Å². The maximum atomic E-state index is 5.11. The fourth-order valence-electron chi connectivity index (χ4n) is 2.77. The number of hydrogen-bond donors (Lipinski definition) is 1. The van der Waals surface area contributed by atoms with Crippen molar-refractivity contribution >= 4 is 0 Å². The summed E-state index contributed by atoms with van der Waals surface area (Å²) in [5.74, 6) is 2.12. The molecule has 0 spiro atoms. The number of aromatic nitrogens is 1. The summed E-state index contributed by atoms with van der Waals surface area (Å²) in [4.78, 5) is 4.32. The molecule has 0 aliphatic carbocycles. The van der Waals surface area contributed by atoms with E-state index in [9.17, 15) is 0 Å². The minimum atomic E-state index is 0.662. The molecule has 2 atom stereocenters. The van der Waals surface area contributed by atoms with Crippen molar-refractivity contribution in [2.75, 3.05) is 20.2 Å². The van der Waals surface area contributed by atoms with E-state index in [1.165, 1.54) is 24.8 Å². The number of nitrogens with one attached hydrogen (secondary N) is 1. The van der Waals surface area contributed by atoms with E-state index in [0.717, 1.165) is 19.0 Å². The highest BCUT2D eigenvalue weighted by Crippen LogP contribution is 2.33. The first-order chi connectivity index (χ1) is 8.35. The topological polar surface area (TPSA) is 34.1 Å². The number of rotatable bonds is 4. The van der Waals surface area contributed by atoms with Crippen molar-refractivity contribution in [3.63, 3.8) is 0 Å². The monoisotopic (exact) mass is 234 g/mol. The molecule has 2 rings (SSSR count). The molecule has 1 aliphatic heterocycles. The molecule has 2 heterocycles. The van der Waals surface area contributed by atoms with E-state index in [-0.39, 0.29) is 0 Å². The maximum Gasteiger partial charge on any atom is 0.212 e. The third-order valence-electron chi connectivity index (χ3n) is 3.66. The van der Waals surface area contributed by atoms with Crippen LogP contribution in [0.4, 0.5) is 0 Å². The molecule has 3 nitrogen and oxygen atoms in total. The van der Waals surface area contributed by atoms with E-state index < -0.39 is 0 Å². The molecule has 17 heavy (non-hydrogen) atoms. The van der Waals surface area contributed by atoms with Gasteiger partial charge in [-0.15, -0.1) is 0 Å². The normalized spacial score (nSPS) is 24.6. The summed E-state index contributed by atoms with van der Waals surface area (Å²) in [6, 6.07) is 4.14. The molecule has 1 saturated heterocycles. The van der Waals surface area contributed by atoms with E-state index in [4.69, 9.17) is 4.74 Å². The first-order valence-electron chi connectivity index (χ1n) is 6.55. The van der Waals surface area contributed by atoms with Crippen LogP contribution in [0, 0.1) is 5.92 Å². The standard InChI is InChI=1S/C14H22N2O/c1-3-4-11-9-15-8-7-13(11)12-5-6-14(17-2)16-10-12/h5-6,10-11,13,15H,3-4,7-9H2,1-2H3. The summed E-state index contributed by atoms with van der Waals surface area (Å²) in [5, 5.41) is 3.50. The lowest BCUT2D eigenvalue weighted by molar-refractivity contribution is 0.305. The molecule has 3 heteroatoms. The molecule has 0 radical (unpaired) electrons. The third-order valence-corrected chi connectivity index (χ3v) is 3.66. The fourth-order valence-corrected chi connectivity index (χ4v) is 2.77. The summed E-state index contributed by atoms with van der Waals surface area (Å²) in [5.41, 5.74) is 1.37. The Morgan fingerprint density at radius 2 is 2.35 bits per heavy atom. The van der Waals surface area contributed by atoms with Gasteiger partial charge in [-0.25, -0.2) is 4.98 Å². The van der Waals surface area contributed by atoms with Gasteiger partial charge in [-0.05, 0) is 43.3 Å². The van der Waals surface area contributed by atoms with E-state index in [1.54, 1.807) is 7.11 Å². The van der Waals surface area contributed by atoms with Crippen molar-refractivity contribution in [2.24, 2.45) is 5.92 Å². The van der Waals surface area contributed by atoms with Gasteiger partial charge in [-0.2, -0.15) is 0 Å². The second-order valence-electron chi connectivity index (χ2n) is 4.78. The Bertz CT molecular complexity index is 335. The van der Waals surface area contributed by atoms with Gasteiger partial charge in [-0.3, -0.25) is 0 Å². The van der Waals surface area contributed by atoms with Crippen molar-refractivity contribution in [2.45, 2.75) is 32.1 Å². The molecular formula is C14H22N2O.